The van der Waals surface area contributed by atoms with Crippen LogP contribution in [0.4, 0.5) is 0 Å². The van der Waals surface area contributed by atoms with Gasteiger partial charge in [0.2, 0.25) is 5.28 Å². The Morgan fingerprint density at radius 1 is 0.575 bits per heavy atom. The number of halogens is 1. The predicted octanol–water partition coefficient (Wildman–Crippen LogP) is 9.56. The summed E-state index contributed by atoms with van der Waals surface area (Å²) in [6.07, 6.45) is 0. The number of nitrogens with zero attached hydrogens (tertiary/aromatic N) is 3. The highest BCUT2D eigenvalue weighted by Gasteiger charge is 2.40. The quantitative estimate of drug-likeness (QED) is 0.219. The molecule has 190 valence electrons. The Morgan fingerprint density at radius 3 is 1.93 bits per heavy atom. The van der Waals surface area contributed by atoms with Crippen molar-refractivity contribution in [2.75, 3.05) is 0 Å². The number of aromatic nitrogens is 3. The van der Waals surface area contributed by atoms with E-state index < -0.39 is 0 Å². The van der Waals surface area contributed by atoms with Gasteiger partial charge in [-0.1, -0.05) is 103 Å². The van der Waals surface area contributed by atoms with Gasteiger partial charge >= 0.3 is 0 Å². The summed E-state index contributed by atoms with van der Waals surface area (Å²) in [4.78, 5) is 14.0. The van der Waals surface area contributed by atoms with Crippen molar-refractivity contribution in [1.82, 2.24) is 15.0 Å². The van der Waals surface area contributed by atoms with E-state index in [1.165, 1.54) is 42.6 Å². The van der Waals surface area contributed by atoms with Gasteiger partial charge in [-0.05, 0) is 58.5 Å². The van der Waals surface area contributed by atoms with Crippen LogP contribution < -0.4 is 0 Å². The van der Waals surface area contributed by atoms with E-state index in [0.717, 1.165) is 16.5 Å². The summed E-state index contributed by atoms with van der Waals surface area (Å²) >= 11 is 8.28. The van der Waals surface area contributed by atoms with Crippen LogP contribution in [0.3, 0.4) is 0 Å². The average Bonchev–Trinajstić information content (AvgIpc) is 3.51. The van der Waals surface area contributed by atoms with Crippen LogP contribution in [0.5, 0.6) is 0 Å². The Bertz CT molecular complexity index is 2050. The van der Waals surface area contributed by atoms with E-state index in [9.17, 15) is 0 Å². The minimum absolute atomic E-state index is 0.186. The Hall–Kier alpha value is -4.38. The fourth-order valence-corrected chi connectivity index (χ4v) is 7.57. The number of benzene rings is 5. The fourth-order valence-electron chi connectivity index (χ4n) is 6.28. The Morgan fingerprint density at radius 2 is 1.18 bits per heavy atom. The molecule has 7 aromatic rings. The van der Waals surface area contributed by atoms with E-state index in [-0.39, 0.29) is 10.7 Å². The summed E-state index contributed by atoms with van der Waals surface area (Å²) in [6.45, 7) is 2.32. The highest BCUT2D eigenvalue weighted by molar-refractivity contribution is 7.25. The first-order valence-electron chi connectivity index (χ1n) is 13.2. The number of thiophene rings is 1. The Balaban J connectivity index is 1.24. The average molecular weight is 552 g/mol. The first-order chi connectivity index (χ1) is 19.6. The standard InChI is InChI=1S/C35H22ClN3S/c1-35(27-13-5-2-9-23(27)24-10-3-6-14-28(24)35)22-19-17-21(18-20-22)32-37-33(39-34(36)38-32)26-12-8-16-30-31(26)25-11-4-7-15-29(25)40-30/h2-20H,1H3. The zero-order valence-electron chi connectivity index (χ0n) is 21.6. The maximum absolute atomic E-state index is 6.50. The molecule has 5 aromatic carbocycles. The van der Waals surface area contributed by atoms with Crippen molar-refractivity contribution in [1.29, 1.82) is 0 Å². The van der Waals surface area contributed by atoms with Gasteiger partial charge in [0, 0.05) is 36.7 Å². The molecule has 0 atom stereocenters. The van der Waals surface area contributed by atoms with Crippen molar-refractivity contribution in [3.63, 3.8) is 0 Å². The summed E-state index contributed by atoms with van der Waals surface area (Å²) in [6, 6.07) is 40.7. The monoisotopic (exact) mass is 551 g/mol. The topological polar surface area (TPSA) is 38.7 Å². The molecule has 5 heteroatoms. The molecule has 0 unspecified atom stereocenters. The smallest absolute Gasteiger partial charge is 0.208 e. The van der Waals surface area contributed by atoms with Crippen LogP contribution >= 0.6 is 22.9 Å². The van der Waals surface area contributed by atoms with Gasteiger partial charge in [0.25, 0.3) is 0 Å². The molecule has 8 rings (SSSR count). The number of hydrogen-bond donors (Lipinski definition) is 0. The largest absolute Gasteiger partial charge is 0.226 e. The summed E-state index contributed by atoms with van der Waals surface area (Å²) in [5.41, 5.74) is 8.09. The van der Waals surface area contributed by atoms with Crippen molar-refractivity contribution in [3.05, 3.63) is 137 Å². The minimum atomic E-state index is -0.247. The lowest BCUT2D eigenvalue weighted by Gasteiger charge is -2.28. The van der Waals surface area contributed by atoms with Crippen LogP contribution in [-0.2, 0) is 5.41 Å². The Kier molecular flexibility index (Phi) is 5.18. The van der Waals surface area contributed by atoms with E-state index >= 15 is 0 Å². The van der Waals surface area contributed by atoms with E-state index in [1.54, 1.807) is 11.3 Å². The first kappa shape index (κ1) is 23.5. The SMILES string of the molecule is CC1(c2ccc(-c3nc(Cl)nc(-c4cccc5sc6ccccc6c45)n3)cc2)c2ccccc2-c2ccccc21. The maximum atomic E-state index is 6.50. The first-order valence-corrected chi connectivity index (χ1v) is 14.4. The maximum Gasteiger partial charge on any atom is 0.226 e. The van der Waals surface area contributed by atoms with E-state index in [2.05, 4.69) is 132 Å². The van der Waals surface area contributed by atoms with Crippen molar-refractivity contribution < 1.29 is 0 Å². The van der Waals surface area contributed by atoms with Gasteiger partial charge in [0.05, 0.1) is 0 Å². The van der Waals surface area contributed by atoms with Crippen LogP contribution in [0.1, 0.15) is 23.6 Å². The van der Waals surface area contributed by atoms with Gasteiger partial charge in [0.1, 0.15) is 0 Å². The van der Waals surface area contributed by atoms with Gasteiger partial charge < -0.3 is 0 Å². The van der Waals surface area contributed by atoms with E-state index in [4.69, 9.17) is 16.6 Å². The third kappa shape index (κ3) is 3.40. The normalized spacial score (nSPS) is 13.4. The number of fused-ring (bicyclic) bond motifs is 6. The lowest BCUT2D eigenvalue weighted by Crippen LogP contribution is -2.22. The molecule has 3 nitrogen and oxygen atoms in total. The van der Waals surface area contributed by atoms with E-state index in [0.29, 0.717) is 11.6 Å². The van der Waals surface area contributed by atoms with Gasteiger partial charge in [-0.3, -0.25) is 0 Å². The summed E-state index contributed by atoms with van der Waals surface area (Å²) in [7, 11) is 0. The molecule has 0 aliphatic heterocycles. The Labute approximate surface area is 240 Å². The molecule has 0 fully saturated rings. The molecule has 0 saturated heterocycles. The van der Waals surface area contributed by atoms with Crippen LogP contribution in [0.15, 0.2) is 115 Å². The van der Waals surface area contributed by atoms with Crippen LogP contribution in [0.2, 0.25) is 5.28 Å². The fraction of sp³-hybridized carbons (Fsp3) is 0.0571. The zero-order chi connectivity index (χ0) is 26.8. The molecule has 0 saturated carbocycles. The molecule has 0 amide bonds. The van der Waals surface area contributed by atoms with Gasteiger partial charge in [0.15, 0.2) is 11.6 Å². The molecule has 0 spiro atoms. The highest BCUT2D eigenvalue weighted by atomic mass is 35.5. The minimum Gasteiger partial charge on any atom is -0.208 e. The van der Waals surface area contributed by atoms with Crippen LogP contribution in [-0.4, -0.2) is 15.0 Å². The molecular weight excluding hydrogens is 530 g/mol. The van der Waals surface area contributed by atoms with Crippen LogP contribution in [0, 0.1) is 0 Å². The molecular formula is C35H22ClN3S. The lowest BCUT2D eigenvalue weighted by atomic mass is 9.74. The van der Waals surface area contributed by atoms with Crippen molar-refractivity contribution in [2.24, 2.45) is 0 Å². The second kappa shape index (κ2) is 8.82. The van der Waals surface area contributed by atoms with E-state index in [1.807, 2.05) is 0 Å². The molecule has 40 heavy (non-hydrogen) atoms. The van der Waals surface area contributed by atoms with Crippen molar-refractivity contribution in [2.45, 2.75) is 12.3 Å². The lowest BCUT2D eigenvalue weighted by molar-refractivity contribution is 0.714. The molecule has 1 aliphatic rings. The molecule has 2 heterocycles. The third-order valence-electron chi connectivity index (χ3n) is 8.19. The molecule has 2 aromatic heterocycles. The second-order valence-electron chi connectivity index (χ2n) is 10.3. The number of rotatable bonds is 3. The summed E-state index contributed by atoms with van der Waals surface area (Å²) in [5, 5.41) is 2.54. The summed E-state index contributed by atoms with van der Waals surface area (Å²) in [5.74, 6) is 1.15. The second-order valence-corrected chi connectivity index (χ2v) is 11.7. The van der Waals surface area contributed by atoms with Gasteiger partial charge in [-0.15, -0.1) is 11.3 Å². The summed E-state index contributed by atoms with van der Waals surface area (Å²) < 4.78 is 2.44. The molecule has 1 aliphatic carbocycles. The van der Waals surface area contributed by atoms with Crippen LogP contribution in [0.25, 0.3) is 54.1 Å². The zero-order valence-corrected chi connectivity index (χ0v) is 23.2. The molecule has 0 bridgehead atoms. The molecule has 0 radical (unpaired) electrons. The van der Waals surface area contributed by atoms with Gasteiger partial charge in [-0.25, -0.2) is 4.98 Å². The number of hydrogen-bond acceptors (Lipinski definition) is 4. The van der Waals surface area contributed by atoms with Gasteiger partial charge in [-0.2, -0.15) is 9.97 Å². The van der Waals surface area contributed by atoms with Crippen molar-refractivity contribution in [3.8, 4) is 33.9 Å². The predicted molar refractivity (Wildman–Crippen MR) is 166 cm³/mol. The molecule has 0 N–H and O–H groups in total. The highest BCUT2D eigenvalue weighted by Crippen LogP contribution is 2.52. The third-order valence-corrected chi connectivity index (χ3v) is 9.50. The van der Waals surface area contributed by atoms with Crippen molar-refractivity contribution >= 4 is 43.1 Å².